The molecule has 150 valence electrons. The molecule has 6 nitrogen and oxygen atoms in total. The first-order valence-electron chi connectivity index (χ1n) is 9.10. The van der Waals surface area contributed by atoms with Crippen molar-refractivity contribution in [2.24, 2.45) is 12.2 Å². The maximum absolute atomic E-state index is 14.3. The summed E-state index contributed by atoms with van der Waals surface area (Å²) in [7, 11) is 1.50. The fraction of sp³-hybridized carbons (Fsp3) is 0.182. The van der Waals surface area contributed by atoms with Crippen molar-refractivity contribution in [2.45, 2.75) is 13.2 Å². The second kappa shape index (κ2) is 9.16. The van der Waals surface area contributed by atoms with E-state index in [-0.39, 0.29) is 5.56 Å². The lowest BCUT2D eigenvalue weighted by Gasteiger charge is -2.17. The lowest BCUT2D eigenvalue weighted by molar-refractivity contribution is 0.176. The van der Waals surface area contributed by atoms with Crippen molar-refractivity contribution < 1.29 is 14.3 Å². The molecule has 1 aromatic heterocycles. The zero-order valence-electron chi connectivity index (χ0n) is 16.3. The number of benzene rings is 2. The zero-order valence-corrected chi connectivity index (χ0v) is 16.3. The molecule has 0 saturated carbocycles. The van der Waals surface area contributed by atoms with Crippen molar-refractivity contribution in [3.8, 4) is 11.1 Å². The van der Waals surface area contributed by atoms with Gasteiger partial charge in [-0.2, -0.15) is 9.49 Å². The smallest absolute Gasteiger partial charge is 0.219 e. The molecule has 2 aromatic carbocycles. The predicted octanol–water partition coefficient (Wildman–Crippen LogP) is 4.17. The van der Waals surface area contributed by atoms with Crippen molar-refractivity contribution in [2.75, 3.05) is 11.9 Å². The van der Waals surface area contributed by atoms with Gasteiger partial charge in [0.15, 0.2) is 6.23 Å². The average Bonchev–Trinajstić information content (AvgIpc) is 2.98. The number of oxime groups is 1. The lowest BCUT2D eigenvalue weighted by Crippen LogP contribution is -2.13. The number of nitrogens with one attached hydrogen (secondary N) is 1. The summed E-state index contributed by atoms with van der Waals surface area (Å²) in [5.74, 6) is -0.567. The SMILES string of the molecule is C=CCO/N=C\c1ccc(-c2ccccc2NC(O)c2c(C)nn(C)c2F)cc1. The van der Waals surface area contributed by atoms with E-state index < -0.39 is 12.2 Å². The molecule has 2 N–H and O–H groups in total. The number of hydrogen-bond donors (Lipinski definition) is 2. The molecule has 1 atom stereocenters. The number of aromatic nitrogens is 2. The summed E-state index contributed by atoms with van der Waals surface area (Å²) in [5.41, 5.74) is 3.95. The predicted molar refractivity (Wildman–Crippen MR) is 112 cm³/mol. The average molecular weight is 394 g/mol. The van der Waals surface area contributed by atoms with Gasteiger partial charge in [0.05, 0.1) is 17.5 Å². The minimum absolute atomic E-state index is 0.133. The van der Waals surface area contributed by atoms with Crippen LogP contribution >= 0.6 is 0 Å². The Morgan fingerprint density at radius 2 is 2.00 bits per heavy atom. The Bertz CT molecular complexity index is 1010. The van der Waals surface area contributed by atoms with E-state index in [4.69, 9.17) is 4.84 Å². The van der Waals surface area contributed by atoms with Gasteiger partial charge in [-0.1, -0.05) is 60.3 Å². The maximum Gasteiger partial charge on any atom is 0.219 e. The first-order chi connectivity index (χ1) is 14.0. The van der Waals surface area contributed by atoms with E-state index in [1.807, 2.05) is 48.5 Å². The second-order valence-corrected chi connectivity index (χ2v) is 6.45. The minimum atomic E-state index is -1.22. The molecule has 0 spiro atoms. The fourth-order valence-corrected chi connectivity index (χ4v) is 2.98. The molecule has 0 bridgehead atoms. The second-order valence-electron chi connectivity index (χ2n) is 6.45. The van der Waals surface area contributed by atoms with Crippen LogP contribution in [0.5, 0.6) is 0 Å². The molecule has 3 rings (SSSR count). The van der Waals surface area contributed by atoms with Crippen LogP contribution in [0.4, 0.5) is 10.1 Å². The molecule has 3 aromatic rings. The van der Waals surface area contributed by atoms with Crippen LogP contribution in [-0.4, -0.2) is 27.7 Å². The summed E-state index contributed by atoms with van der Waals surface area (Å²) in [5, 5.41) is 21.4. The van der Waals surface area contributed by atoms with Gasteiger partial charge in [-0.3, -0.25) is 0 Å². The molecule has 1 heterocycles. The summed E-state index contributed by atoms with van der Waals surface area (Å²) in [6.07, 6.45) is 2.02. The number of halogens is 1. The summed E-state index contributed by atoms with van der Waals surface area (Å²) in [6, 6.07) is 15.2. The van der Waals surface area contributed by atoms with Crippen LogP contribution in [0.2, 0.25) is 0 Å². The van der Waals surface area contributed by atoms with Crippen LogP contribution < -0.4 is 5.32 Å². The van der Waals surface area contributed by atoms with E-state index in [1.54, 1.807) is 19.2 Å². The highest BCUT2D eigenvalue weighted by atomic mass is 19.1. The lowest BCUT2D eigenvalue weighted by atomic mass is 10.0. The molecule has 7 heteroatoms. The molecule has 0 radical (unpaired) electrons. The minimum Gasteiger partial charge on any atom is -0.392 e. The standard InChI is InChI=1S/C22H23FN4O2/c1-4-13-29-24-14-16-9-11-17(12-10-16)18-7-5-6-8-19(18)25-22(28)20-15(2)26-27(3)21(20)23/h4-12,14,22,25,28H,1,13H2,2-3H3/b24-14-. The summed E-state index contributed by atoms with van der Waals surface area (Å²) in [6.45, 7) is 5.58. The summed E-state index contributed by atoms with van der Waals surface area (Å²) in [4.78, 5) is 5.00. The molecule has 0 amide bonds. The third kappa shape index (κ3) is 4.70. The number of para-hydroxylation sites is 1. The number of anilines is 1. The number of nitrogens with zero attached hydrogens (tertiary/aromatic N) is 3. The highest BCUT2D eigenvalue weighted by Gasteiger charge is 2.21. The van der Waals surface area contributed by atoms with Crippen LogP contribution in [0.1, 0.15) is 23.0 Å². The molecule has 0 aliphatic rings. The zero-order chi connectivity index (χ0) is 20.8. The molecule has 29 heavy (non-hydrogen) atoms. The largest absolute Gasteiger partial charge is 0.392 e. The molecule has 0 fully saturated rings. The van der Waals surface area contributed by atoms with Gasteiger partial charge in [0.25, 0.3) is 0 Å². The Hall–Kier alpha value is -3.45. The Kier molecular flexibility index (Phi) is 6.41. The highest BCUT2D eigenvalue weighted by molar-refractivity contribution is 5.83. The molecule has 0 saturated heterocycles. The van der Waals surface area contributed by atoms with Crippen LogP contribution in [-0.2, 0) is 11.9 Å². The number of rotatable bonds is 8. The van der Waals surface area contributed by atoms with Crippen molar-refractivity contribution in [1.29, 1.82) is 0 Å². The van der Waals surface area contributed by atoms with Gasteiger partial charge >= 0.3 is 0 Å². The van der Waals surface area contributed by atoms with Crippen LogP contribution in [0, 0.1) is 12.9 Å². The van der Waals surface area contributed by atoms with Crippen molar-refractivity contribution in [3.05, 3.63) is 84.0 Å². The van der Waals surface area contributed by atoms with Gasteiger partial charge in [0.1, 0.15) is 6.61 Å². The van der Waals surface area contributed by atoms with Gasteiger partial charge in [-0.25, -0.2) is 4.68 Å². The van der Waals surface area contributed by atoms with Crippen LogP contribution in [0.3, 0.4) is 0 Å². The molecule has 1 unspecified atom stereocenters. The number of aryl methyl sites for hydroxylation is 2. The van der Waals surface area contributed by atoms with Gasteiger partial charge in [0.2, 0.25) is 5.95 Å². The van der Waals surface area contributed by atoms with E-state index in [0.717, 1.165) is 21.4 Å². The third-order valence-electron chi connectivity index (χ3n) is 4.38. The Labute approximate surface area is 168 Å². The summed E-state index contributed by atoms with van der Waals surface area (Å²) < 4.78 is 15.4. The third-order valence-corrected chi connectivity index (χ3v) is 4.38. The fourth-order valence-electron chi connectivity index (χ4n) is 2.98. The maximum atomic E-state index is 14.3. The molecule has 0 aliphatic heterocycles. The highest BCUT2D eigenvalue weighted by Crippen LogP contribution is 2.31. The quantitative estimate of drug-likeness (QED) is 0.198. The normalized spacial score (nSPS) is 12.1. The van der Waals surface area contributed by atoms with E-state index in [9.17, 15) is 9.50 Å². The van der Waals surface area contributed by atoms with E-state index in [2.05, 4.69) is 22.2 Å². The molecular weight excluding hydrogens is 371 g/mol. The van der Waals surface area contributed by atoms with E-state index in [1.165, 1.54) is 7.05 Å². The Morgan fingerprint density at radius 1 is 1.28 bits per heavy atom. The van der Waals surface area contributed by atoms with Gasteiger partial charge in [0, 0.05) is 18.3 Å². The van der Waals surface area contributed by atoms with Crippen LogP contribution in [0.25, 0.3) is 11.1 Å². The first kappa shape index (κ1) is 20.3. The Balaban J connectivity index is 1.82. The van der Waals surface area contributed by atoms with Gasteiger partial charge < -0.3 is 15.3 Å². The Morgan fingerprint density at radius 3 is 2.66 bits per heavy atom. The topological polar surface area (TPSA) is 71.7 Å². The number of hydrogen-bond acceptors (Lipinski definition) is 5. The van der Waals surface area contributed by atoms with Crippen molar-refractivity contribution in [1.82, 2.24) is 9.78 Å². The molecular formula is C22H23FN4O2. The van der Waals surface area contributed by atoms with E-state index >= 15 is 0 Å². The van der Waals surface area contributed by atoms with Gasteiger partial charge in [-0.15, -0.1) is 0 Å². The van der Waals surface area contributed by atoms with Crippen molar-refractivity contribution >= 4 is 11.9 Å². The summed E-state index contributed by atoms with van der Waals surface area (Å²) >= 11 is 0. The molecule has 0 aliphatic carbocycles. The monoisotopic (exact) mass is 394 g/mol. The number of aliphatic hydroxyl groups excluding tert-OH is 1. The van der Waals surface area contributed by atoms with Gasteiger partial charge in [-0.05, 0) is 24.1 Å². The number of aliphatic hydroxyl groups is 1. The van der Waals surface area contributed by atoms with E-state index in [0.29, 0.717) is 18.0 Å². The van der Waals surface area contributed by atoms with Crippen LogP contribution in [0.15, 0.2) is 66.3 Å². The first-order valence-corrected chi connectivity index (χ1v) is 9.10. The van der Waals surface area contributed by atoms with Crippen molar-refractivity contribution in [3.63, 3.8) is 0 Å².